The van der Waals surface area contributed by atoms with Gasteiger partial charge in [0.15, 0.2) is 11.6 Å². The number of alkyl halides is 1. The summed E-state index contributed by atoms with van der Waals surface area (Å²) in [6.45, 7) is 4.44. The van der Waals surface area contributed by atoms with Crippen LogP contribution in [-0.2, 0) is 11.2 Å². The summed E-state index contributed by atoms with van der Waals surface area (Å²) >= 11 is 3.29. The molecule has 0 atom stereocenters. The van der Waals surface area contributed by atoms with E-state index in [1.165, 1.54) is 6.07 Å². The Bertz CT molecular complexity index is 423. The topological polar surface area (TPSA) is 20.3 Å². The summed E-state index contributed by atoms with van der Waals surface area (Å²) in [6, 6.07) is 3.63. The molecule has 0 heterocycles. The van der Waals surface area contributed by atoms with Crippen molar-refractivity contribution in [3.63, 3.8) is 0 Å². The normalized spacial score (nSPS) is 10.8. The first-order valence-electron chi connectivity index (χ1n) is 5.75. The fourth-order valence-corrected chi connectivity index (χ4v) is 2.07. The van der Waals surface area contributed by atoms with Crippen molar-refractivity contribution < 1.29 is 13.6 Å². The van der Waals surface area contributed by atoms with Crippen LogP contribution < -0.4 is 0 Å². The molecule has 18 heavy (non-hydrogen) atoms. The quantitative estimate of drug-likeness (QED) is 0.763. The van der Waals surface area contributed by atoms with Crippen LogP contribution in [0.5, 0.6) is 0 Å². The van der Waals surface area contributed by atoms with Gasteiger partial charge in [-0.1, -0.05) is 22.0 Å². The van der Waals surface area contributed by atoms with Gasteiger partial charge in [0.2, 0.25) is 5.91 Å². The molecule has 0 saturated carbocycles. The monoisotopic (exact) mass is 319 g/mol. The Morgan fingerprint density at radius 1 is 1.33 bits per heavy atom. The van der Waals surface area contributed by atoms with Crippen molar-refractivity contribution in [2.24, 2.45) is 0 Å². The molecule has 5 heteroatoms. The van der Waals surface area contributed by atoms with E-state index >= 15 is 0 Å². The lowest BCUT2D eigenvalue weighted by Crippen LogP contribution is -2.39. The second-order valence-electron chi connectivity index (χ2n) is 4.30. The maximum Gasteiger partial charge on any atom is 0.227 e. The standard InChI is InChI=1S/C13H16BrF2NO/c1-9(2)17(6-5-14)13(18)8-10-3-4-11(15)12(16)7-10/h3-4,7,9H,5-6,8H2,1-2H3. The van der Waals surface area contributed by atoms with Crippen LogP contribution >= 0.6 is 15.9 Å². The van der Waals surface area contributed by atoms with Gasteiger partial charge in [-0.3, -0.25) is 4.79 Å². The Hall–Kier alpha value is -0.970. The Balaban J connectivity index is 2.76. The molecule has 0 aliphatic heterocycles. The van der Waals surface area contributed by atoms with Gasteiger partial charge in [0.05, 0.1) is 6.42 Å². The summed E-state index contributed by atoms with van der Waals surface area (Å²) in [5.41, 5.74) is 0.485. The van der Waals surface area contributed by atoms with Crippen molar-refractivity contribution in [1.82, 2.24) is 4.90 Å². The van der Waals surface area contributed by atoms with Gasteiger partial charge >= 0.3 is 0 Å². The van der Waals surface area contributed by atoms with Gasteiger partial charge in [-0.05, 0) is 31.5 Å². The lowest BCUT2D eigenvalue weighted by molar-refractivity contribution is -0.131. The summed E-state index contributed by atoms with van der Waals surface area (Å²) in [5.74, 6) is -1.90. The average molecular weight is 320 g/mol. The number of nitrogens with zero attached hydrogens (tertiary/aromatic N) is 1. The third-order valence-electron chi connectivity index (χ3n) is 2.61. The van der Waals surface area contributed by atoms with Crippen LogP contribution in [0.3, 0.4) is 0 Å². The highest BCUT2D eigenvalue weighted by Gasteiger charge is 2.17. The smallest absolute Gasteiger partial charge is 0.227 e. The molecule has 2 nitrogen and oxygen atoms in total. The molecular weight excluding hydrogens is 304 g/mol. The molecular formula is C13H16BrF2NO. The van der Waals surface area contributed by atoms with Crippen LogP contribution in [0, 0.1) is 11.6 Å². The van der Waals surface area contributed by atoms with Crippen molar-refractivity contribution in [3.8, 4) is 0 Å². The highest BCUT2D eigenvalue weighted by atomic mass is 79.9. The second-order valence-corrected chi connectivity index (χ2v) is 5.09. The number of carbonyl (C=O) groups excluding carboxylic acids is 1. The molecule has 1 aromatic carbocycles. The van der Waals surface area contributed by atoms with Gasteiger partial charge in [-0.2, -0.15) is 0 Å². The van der Waals surface area contributed by atoms with E-state index < -0.39 is 11.6 Å². The molecule has 1 aromatic rings. The van der Waals surface area contributed by atoms with E-state index in [0.29, 0.717) is 17.4 Å². The number of hydrogen-bond donors (Lipinski definition) is 0. The predicted octanol–water partition coefficient (Wildman–Crippen LogP) is 3.14. The van der Waals surface area contributed by atoms with Gasteiger partial charge in [-0.15, -0.1) is 0 Å². The highest BCUT2D eigenvalue weighted by molar-refractivity contribution is 9.09. The molecule has 0 spiro atoms. The number of benzene rings is 1. The Labute approximate surface area is 114 Å². The molecule has 0 N–H and O–H groups in total. The summed E-state index contributed by atoms with van der Waals surface area (Å²) < 4.78 is 25.8. The minimum atomic E-state index is -0.920. The van der Waals surface area contributed by atoms with Gasteiger partial charge in [0.1, 0.15) is 0 Å². The SMILES string of the molecule is CC(C)N(CCBr)C(=O)Cc1ccc(F)c(F)c1. The fraction of sp³-hybridized carbons (Fsp3) is 0.462. The molecule has 0 bridgehead atoms. The summed E-state index contributed by atoms with van der Waals surface area (Å²) in [5, 5.41) is 0.689. The Morgan fingerprint density at radius 2 is 2.00 bits per heavy atom. The van der Waals surface area contributed by atoms with E-state index in [1.807, 2.05) is 13.8 Å². The molecule has 1 rings (SSSR count). The van der Waals surface area contributed by atoms with E-state index in [-0.39, 0.29) is 18.4 Å². The van der Waals surface area contributed by atoms with Crippen molar-refractivity contribution in [3.05, 3.63) is 35.4 Å². The number of amides is 1. The van der Waals surface area contributed by atoms with Crippen LogP contribution in [0.2, 0.25) is 0 Å². The van der Waals surface area contributed by atoms with Gasteiger partial charge in [-0.25, -0.2) is 8.78 Å². The molecule has 1 amide bonds. The maximum absolute atomic E-state index is 13.0. The summed E-state index contributed by atoms with van der Waals surface area (Å²) in [7, 11) is 0. The molecule has 100 valence electrons. The first-order chi connectivity index (χ1) is 8.45. The zero-order valence-corrected chi connectivity index (χ0v) is 12.0. The van der Waals surface area contributed by atoms with Crippen molar-refractivity contribution in [1.29, 1.82) is 0 Å². The zero-order valence-electron chi connectivity index (χ0n) is 10.4. The van der Waals surface area contributed by atoms with E-state index in [9.17, 15) is 13.6 Å². The highest BCUT2D eigenvalue weighted by Crippen LogP contribution is 2.11. The first kappa shape index (κ1) is 15.1. The summed E-state index contributed by atoms with van der Waals surface area (Å²) in [4.78, 5) is 13.7. The summed E-state index contributed by atoms with van der Waals surface area (Å²) in [6.07, 6.45) is 0.0857. The van der Waals surface area contributed by atoms with E-state index in [4.69, 9.17) is 0 Å². The van der Waals surface area contributed by atoms with Crippen LogP contribution in [0.1, 0.15) is 19.4 Å². The average Bonchev–Trinajstić information content (AvgIpc) is 2.30. The largest absolute Gasteiger partial charge is 0.339 e. The van der Waals surface area contributed by atoms with Crippen molar-refractivity contribution in [2.45, 2.75) is 26.3 Å². The van der Waals surface area contributed by atoms with E-state index in [0.717, 1.165) is 12.1 Å². The third kappa shape index (κ3) is 4.05. The number of carbonyl (C=O) groups is 1. The van der Waals surface area contributed by atoms with Crippen LogP contribution in [0.4, 0.5) is 8.78 Å². The zero-order chi connectivity index (χ0) is 13.7. The van der Waals surface area contributed by atoms with Crippen LogP contribution in [-0.4, -0.2) is 28.7 Å². The van der Waals surface area contributed by atoms with Gasteiger partial charge < -0.3 is 4.90 Å². The molecule has 0 aromatic heterocycles. The first-order valence-corrected chi connectivity index (χ1v) is 6.87. The maximum atomic E-state index is 13.0. The minimum Gasteiger partial charge on any atom is -0.339 e. The molecule has 0 aliphatic carbocycles. The van der Waals surface area contributed by atoms with Gasteiger partial charge in [0.25, 0.3) is 0 Å². The Morgan fingerprint density at radius 3 is 2.50 bits per heavy atom. The molecule has 0 aliphatic rings. The van der Waals surface area contributed by atoms with Crippen LogP contribution in [0.15, 0.2) is 18.2 Å². The third-order valence-corrected chi connectivity index (χ3v) is 2.96. The van der Waals surface area contributed by atoms with Crippen molar-refractivity contribution >= 4 is 21.8 Å². The number of hydrogen-bond acceptors (Lipinski definition) is 1. The van der Waals surface area contributed by atoms with Crippen molar-refractivity contribution in [2.75, 3.05) is 11.9 Å². The fourth-order valence-electron chi connectivity index (χ4n) is 1.69. The Kier molecular flexibility index (Phi) is 5.72. The minimum absolute atomic E-state index is 0.0837. The van der Waals surface area contributed by atoms with Crippen LogP contribution in [0.25, 0.3) is 0 Å². The lowest BCUT2D eigenvalue weighted by Gasteiger charge is -2.26. The number of halogens is 3. The molecule has 0 radical (unpaired) electrons. The van der Waals surface area contributed by atoms with Gasteiger partial charge in [0, 0.05) is 17.9 Å². The lowest BCUT2D eigenvalue weighted by atomic mass is 10.1. The molecule has 0 fully saturated rings. The van der Waals surface area contributed by atoms with E-state index in [1.54, 1.807) is 4.90 Å². The predicted molar refractivity (Wildman–Crippen MR) is 70.7 cm³/mol. The number of rotatable bonds is 5. The van der Waals surface area contributed by atoms with E-state index in [2.05, 4.69) is 15.9 Å². The second kappa shape index (κ2) is 6.83. The molecule has 0 saturated heterocycles. The molecule has 0 unspecified atom stereocenters.